The fourth-order valence-corrected chi connectivity index (χ4v) is 4.90. The summed E-state index contributed by atoms with van der Waals surface area (Å²) in [6, 6.07) is 3.45. The molecule has 5 nitrogen and oxygen atoms in total. The van der Waals surface area contributed by atoms with E-state index in [4.69, 9.17) is 0 Å². The lowest BCUT2D eigenvalue weighted by atomic mass is 9.91. The van der Waals surface area contributed by atoms with E-state index in [9.17, 15) is 13.6 Å². The number of hydrogen-bond acceptors (Lipinski definition) is 3. The molecule has 1 aromatic heterocycles. The minimum atomic E-state index is -0.695. The van der Waals surface area contributed by atoms with Crippen LogP contribution in [0.15, 0.2) is 60.9 Å². The minimum absolute atomic E-state index is 0.0646. The Labute approximate surface area is 193 Å². The van der Waals surface area contributed by atoms with E-state index in [2.05, 4.69) is 23.1 Å². The summed E-state index contributed by atoms with van der Waals surface area (Å²) in [4.78, 5) is 15.5. The van der Waals surface area contributed by atoms with E-state index in [1.165, 1.54) is 16.8 Å². The molecule has 2 aliphatic heterocycles. The fraction of sp³-hybridized carbons (Fsp3) is 0.385. The van der Waals surface area contributed by atoms with Crippen molar-refractivity contribution in [2.75, 3.05) is 26.2 Å². The van der Waals surface area contributed by atoms with Crippen LogP contribution in [0.5, 0.6) is 0 Å². The van der Waals surface area contributed by atoms with Crippen molar-refractivity contribution in [3.63, 3.8) is 0 Å². The number of benzene rings is 1. The van der Waals surface area contributed by atoms with Crippen LogP contribution in [0.3, 0.4) is 0 Å². The van der Waals surface area contributed by atoms with E-state index in [0.717, 1.165) is 44.0 Å². The van der Waals surface area contributed by atoms with Crippen LogP contribution in [0.4, 0.5) is 8.78 Å². The van der Waals surface area contributed by atoms with Gasteiger partial charge in [0.15, 0.2) is 5.82 Å². The number of nitrogens with one attached hydrogen (secondary N) is 1. The summed E-state index contributed by atoms with van der Waals surface area (Å²) < 4.78 is 29.7. The maximum Gasteiger partial charge on any atom is 0.257 e. The molecule has 1 N–H and O–H groups in total. The Morgan fingerprint density at radius 2 is 2.03 bits per heavy atom. The highest BCUT2D eigenvalue weighted by Gasteiger charge is 2.33. The topological polar surface area (TPSA) is 50.2 Å². The van der Waals surface area contributed by atoms with Gasteiger partial charge in [0.25, 0.3) is 5.91 Å². The number of allylic oxidation sites excluding steroid dienone is 4. The Bertz CT molecular complexity index is 1080. The average Bonchev–Trinajstić information content (AvgIpc) is 3.47. The molecule has 2 saturated heterocycles. The van der Waals surface area contributed by atoms with Gasteiger partial charge in [-0.1, -0.05) is 30.9 Å². The molecular weight excluding hydrogens is 422 g/mol. The van der Waals surface area contributed by atoms with Crippen LogP contribution in [0.25, 0.3) is 5.69 Å². The van der Waals surface area contributed by atoms with Gasteiger partial charge in [0, 0.05) is 31.0 Å². The number of rotatable bonds is 6. The monoisotopic (exact) mass is 452 g/mol. The van der Waals surface area contributed by atoms with Gasteiger partial charge in [-0.3, -0.25) is 4.79 Å². The maximum absolute atomic E-state index is 14.7. The van der Waals surface area contributed by atoms with Gasteiger partial charge in [-0.15, -0.1) is 0 Å². The van der Waals surface area contributed by atoms with Crippen LogP contribution in [-0.2, 0) is 0 Å². The van der Waals surface area contributed by atoms with E-state index in [1.54, 1.807) is 12.3 Å². The quantitative estimate of drug-likeness (QED) is 0.643. The zero-order valence-electron chi connectivity index (χ0n) is 18.9. The van der Waals surface area contributed by atoms with Crippen LogP contribution in [0.2, 0.25) is 0 Å². The van der Waals surface area contributed by atoms with Gasteiger partial charge in [-0.25, -0.2) is 13.5 Å². The van der Waals surface area contributed by atoms with Gasteiger partial charge in [0.1, 0.15) is 11.5 Å². The van der Waals surface area contributed by atoms with Crippen LogP contribution in [0, 0.1) is 17.6 Å². The van der Waals surface area contributed by atoms with E-state index in [0.29, 0.717) is 24.3 Å². The number of aromatic nitrogens is 2. The zero-order valence-corrected chi connectivity index (χ0v) is 18.9. The molecule has 2 fully saturated rings. The SMILES string of the molecule is C=C/C=C(\C=C/C)C1CCN(C(=O)c2cnn(-c3ccc(F)cc3F)c2C2CCNCC2)C1. The number of amides is 1. The van der Waals surface area contributed by atoms with Crippen molar-refractivity contribution in [2.45, 2.75) is 32.1 Å². The molecule has 0 spiro atoms. The van der Waals surface area contributed by atoms with Gasteiger partial charge in [-0.05, 0) is 57.0 Å². The molecule has 4 rings (SSSR count). The summed E-state index contributed by atoms with van der Waals surface area (Å²) in [6.45, 7) is 8.68. The predicted octanol–water partition coefficient (Wildman–Crippen LogP) is 4.77. The first kappa shape index (κ1) is 23.1. The molecule has 1 aromatic carbocycles. The molecule has 0 bridgehead atoms. The van der Waals surface area contributed by atoms with Crippen LogP contribution >= 0.6 is 0 Å². The van der Waals surface area contributed by atoms with Gasteiger partial charge in [-0.2, -0.15) is 5.10 Å². The lowest BCUT2D eigenvalue weighted by Gasteiger charge is -2.26. The van der Waals surface area contributed by atoms with E-state index >= 15 is 0 Å². The number of piperidine rings is 1. The fourth-order valence-electron chi connectivity index (χ4n) is 4.90. The molecular formula is C26H30F2N4O. The summed E-state index contributed by atoms with van der Waals surface area (Å²) in [6.07, 6.45) is 11.9. The Kier molecular flexibility index (Phi) is 7.18. The highest BCUT2D eigenvalue weighted by atomic mass is 19.1. The summed E-state index contributed by atoms with van der Waals surface area (Å²) in [7, 11) is 0. The second kappa shape index (κ2) is 10.3. The number of hydrogen-bond donors (Lipinski definition) is 1. The van der Waals surface area contributed by atoms with Crippen molar-refractivity contribution in [2.24, 2.45) is 5.92 Å². The number of halogens is 2. The Hall–Kier alpha value is -3.06. The second-order valence-electron chi connectivity index (χ2n) is 8.61. The summed E-state index contributed by atoms with van der Waals surface area (Å²) >= 11 is 0. The lowest BCUT2D eigenvalue weighted by molar-refractivity contribution is 0.0787. The molecule has 33 heavy (non-hydrogen) atoms. The normalized spacial score (nSPS) is 20.0. The van der Waals surface area contributed by atoms with Crippen LogP contribution in [-0.4, -0.2) is 46.8 Å². The number of carbonyl (C=O) groups is 1. The molecule has 2 aromatic rings. The summed E-state index contributed by atoms with van der Waals surface area (Å²) in [5.74, 6) is -1.11. The van der Waals surface area contributed by atoms with E-state index < -0.39 is 11.6 Å². The van der Waals surface area contributed by atoms with Crippen molar-refractivity contribution < 1.29 is 13.6 Å². The first-order valence-corrected chi connectivity index (χ1v) is 11.5. The standard InChI is InChI=1S/C26H30F2N4O/c1-3-5-18(6-4-2)20-11-14-31(17-20)26(33)22-16-30-32(24-8-7-21(27)15-23(24)28)25(22)19-9-12-29-13-10-19/h3-8,15-16,19-20,29H,1,9-14,17H2,2H3/b6-4-,18-5+. The smallest absolute Gasteiger partial charge is 0.257 e. The molecule has 0 saturated carbocycles. The van der Waals surface area contributed by atoms with Crippen LogP contribution in [0.1, 0.15) is 48.2 Å². The minimum Gasteiger partial charge on any atom is -0.338 e. The van der Waals surface area contributed by atoms with E-state index in [1.807, 2.05) is 24.0 Å². The van der Waals surface area contributed by atoms with Gasteiger partial charge in [0.2, 0.25) is 0 Å². The lowest BCUT2D eigenvalue weighted by Crippen LogP contribution is -2.32. The molecule has 1 atom stereocenters. The Balaban J connectivity index is 1.67. The maximum atomic E-state index is 14.7. The number of carbonyl (C=O) groups excluding carboxylic acids is 1. The average molecular weight is 453 g/mol. The summed E-state index contributed by atoms with van der Waals surface area (Å²) in [5, 5.41) is 7.74. The highest BCUT2D eigenvalue weighted by Crippen LogP contribution is 2.33. The van der Waals surface area contributed by atoms with E-state index in [-0.39, 0.29) is 23.4 Å². The predicted molar refractivity (Wildman–Crippen MR) is 125 cm³/mol. The van der Waals surface area contributed by atoms with Gasteiger partial charge < -0.3 is 10.2 Å². The van der Waals surface area contributed by atoms with Crippen LogP contribution < -0.4 is 5.32 Å². The molecule has 2 aliphatic rings. The molecule has 7 heteroatoms. The first-order valence-electron chi connectivity index (χ1n) is 11.5. The Morgan fingerprint density at radius 1 is 1.24 bits per heavy atom. The first-order chi connectivity index (χ1) is 16.0. The highest BCUT2D eigenvalue weighted by molar-refractivity contribution is 5.95. The van der Waals surface area contributed by atoms with Gasteiger partial charge in [0.05, 0.1) is 17.5 Å². The molecule has 174 valence electrons. The third-order valence-electron chi connectivity index (χ3n) is 6.52. The van der Waals surface area contributed by atoms with Crippen molar-refractivity contribution in [3.05, 3.63) is 83.7 Å². The van der Waals surface area contributed by atoms with Crippen molar-refractivity contribution in [1.29, 1.82) is 0 Å². The van der Waals surface area contributed by atoms with Crippen molar-refractivity contribution >= 4 is 5.91 Å². The third-order valence-corrected chi connectivity index (χ3v) is 6.52. The molecule has 0 radical (unpaired) electrons. The second-order valence-corrected chi connectivity index (χ2v) is 8.61. The zero-order chi connectivity index (χ0) is 23.4. The van der Waals surface area contributed by atoms with Crippen molar-refractivity contribution in [1.82, 2.24) is 20.0 Å². The number of nitrogens with zero attached hydrogens (tertiary/aromatic N) is 3. The van der Waals surface area contributed by atoms with Crippen molar-refractivity contribution in [3.8, 4) is 5.69 Å². The molecule has 0 aliphatic carbocycles. The summed E-state index contributed by atoms with van der Waals surface area (Å²) in [5.41, 5.74) is 2.54. The molecule has 1 unspecified atom stereocenters. The van der Waals surface area contributed by atoms with Gasteiger partial charge >= 0.3 is 0 Å². The largest absolute Gasteiger partial charge is 0.338 e. The molecule has 3 heterocycles. The number of likely N-dealkylation sites (tertiary alicyclic amines) is 1. The Morgan fingerprint density at radius 3 is 2.73 bits per heavy atom. The molecule has 1 amide bonds. The third kappa shape index (κ3) is 4.83.